The van der Waals surface area contributed by atoms with Gasteiger partial charge in [0.2, 0.25) is 0 Å². The fourth-order valence-corrected chi connectivity index (χ4v) is 2.31. The zero-order valence-electron chi connectivity index (χ0n) is 9.96. The zero-order chi connectivity index (χ0) is 12.2. The quantitative estimate of drug-likeness (QED) is 0.231. The maximum absolute atomic E-state index is 6.14. The maximum Gasteiger partial charge on any atom is 0.144 e. The third-order valence-electron chi connectivity index (χ3n) is 2.60. The fourth-order valence-electron chi connectivity index (χ4n) is 1.43. The predicted molar refractivity (Wildman–Crippen MR) is 78.8 cm³/mol. The summed E-state index contributed by atoms with van der Waals surface area (Å²) in [5.41, 5.74) is 1.19. The summed E-state index contributed by atoms with van der Waals surface area (Å²) in [5.74, 6) is 2.72. The molecular weight excluding hydrogens is 368 g/mol. The Bertz CT molecular complexity index is 399. The van der Waals surface area contributed by atoms with E-state index >= 15 is 0 Å². The summed E-state index contributed by atoms with van der Waals surface area (Å²) in [5, 5.41) is 0.838. The molecule has 0 radical (unpaired) electrons. The number of hydrogen-bond acceptors (Lipinski definition) is 0. The van der Waals surface area contributed by atoms with Crippen LogP contribution in [0.25, 0.3) is 0 Å². The van der Waals surface area contributed by atoms with Crippen LogP contribution in [0.5, 0.6) is 0 Å². The zero-order valence-corrected chi connectivity index (χ0v) is 13.6. The van der Waals surface area contributed by atoms with Crippen LogP contribution in [0.2, 0.25) is 5.02 Å². The molecule has 1 unspecified atom stereocenters. The van der Waals surface area contributed by atoms with Crippen molar-refractivity contribution in [3.63, 3.8) is 0 Å². The van der Waals surface area contributed by atoms with Crippen molar-refractivity contribution >= 4 is 34.2 Å². The number of likely N-dealkylation sites (N-methyl/N-ethyl adjacent to an activating group) is 1. The van der Waals surface area contributed by atoms with Crippen LogP contribution in [-0.2, 0) is 6.42 Å². The summed E-state index contributed by atoms with van der Waals surface area (Å²) >= 11 is 8.59. The van der Waals surface area contributed by atoms with Crippen molar-refractivity contribution in [1.29, 1.82) is 0 Å². The highest BCUT2D eigenvalue weighted by Crippen LogP contribution is 2.23. The first-order valence-electron chi connectivity index (χ1n) is 5.11. The Hall–Kier alpha value is 0.0500. The average Bonchev–Trinajstić information content (AvgIpc) is 2.21. The molecule has 1 nitrogen and oxygen atoms in total. The van der Waals surface area contributed by atoms with Gasteiger partial charge in [-0.1, -0.05) is 29.8 Å². The summed E-state index contributed by atoms with van der Waals surface area (Å²) in [6.45, 7) is 0.734. The normalized spacial score (nSPS) is 12.4. The fraction of sp³-hybridized carbons (Fsp3) is 0.385. The Balaban J connectivity index is 0.00000256. The topological polar surface area (TPSA) is 0 Å². The molecule has 17 heavy (non-hydrogen) atoms. The first-order valence-corrected chi connectivity index (χ1v) is 6.73. The van der Waals surface area contributed by atoms with Crippen molar-refractivity contribution in [2.45, 2.75) is 10.5 Å². The van der Waals surface area contributed by atoms with Crippen LogP contribution in [0.1, 0.15) is 5.56 Å². The van der Waals surface area contributed by atoms with Gasteiger partial charge >= 0.3 is 0 Å². The molecule has 0 spiro atoms. The van der Waals surface area contributed by atoms with Crippen molar-refractivity contribution in [3.05, 3.63) is 34.9 Å². The van der Waals surface area contributed by atoms with E-state index in [0.717, 1.165) is 22.5 Å². The maximum atomic E-state index is 6.14. The van der Waals surface area contributed by atoms with Gasteiger partial charge in [0.15, 0.2) is 0 Å². The van der Waals surface area contributed by atoms with Gasteiger partial charge in [0.05, 0.1) is 14.1 Å². The molecule has 1 aromatic carbocycles. The van der Waals surface area contributed by atoms with Crippen LogP contribution in [0.3, 0.4) is 0 Å². The molecule has 94 valence electrons. The summed E-state index contributed by atoms with van der Waals surface area (Å²) < 4.78 is 1.23. The highest BCUT2D eigenvalue weighted by molar-refractivity contribution is 14.1. The van der Waals surface area contributed by atoms with Gasteiger partial charge in [0.1, 0.15) is 10.6 Å². The molecule has 0 saturated heterocycles. The van der Waals surface area contributed by atoms with E-state index in [1.54, 1.807) is 0 Å². The summed E-state index contributed by atoms with van der Waals surface area (Å²) in [7, 11) is 4.29. The van der Waals surface area contributed by atoms with E-state index in [4.69, 9.17) is 18.0 Å². The van der Waals surface area contributed by atoms with E-state index in [0.29, 0.717) is 4.05 Å². The first kappa shape index (κ1) is 17.1. The molecule has 1 aromatic rings. The third-order valence-corrected chi connectivity index (χ3v) is 4.92. The number of halogens is 3. The van der Waals surface area contributed by atoms with Gasteiger partial charge in [-0.2, -0.15) is 0 Å². The van der Waals surface area contributed by atoms with Crippen molar-refractivity contribution in [1.82, 2.24) is 0 Å². The van der Waals surface area contributed by atoms with Crippen LogP contribution in [-0.4, -0.2) is 29.2 Å². The third kappa shape index (κ3) is 5.05. The molecule has 0 fully saturated rings. The second-order valence-electron chi connectivity index (χ2n) is 4.37. The Morgan fingerprint density at radius 2 is 2.00 bits per heavy atom. The van der Waals surface area contributed by atoms with Crippen molar-refractivity contribution in [2.75, 3.05) is 20.6 Å². The van der Waals surface area contributed by atoms with Gasteiger partial charge in [-0.25, -0.2) is 0 Å². The van der Waals surface area contributed by atoms with E-state index in [1.807, 2.05) is 18.2 Å². The molecule has 0 aromatic heterocycles. The lowest BCUT2D eigenvalue weighted by Gasteiger charge is -2.33. The number of hydrogen-bond donors (Lipinski definition) is 0. The molecule has 0 N–H and O–H groups in total. The minimum absolute atomic E-state index is 0. The van der Waals surface area contributed by atoms with E-state index in [9.17, 15) is 0 Å². The van der Waals surface area contributed by atoms with Crippen molar-refractivity contribution in [3.8, 4) is 12.3 Å². The predicted octanol–water partition coefficient (Wildman–Crippen LogP) is 0.357. The van der Waals surface area contributed by atoms with Gasteiger partial charge in [-0.05, 0) is 40.1 Å². The lowest BCUT2D eigenvalue weighted by molar-refractivity contribution is -0.889. The minimum Gasteiger partial charge on any atom is -1.00 e. The van der Waals surface area contributed by atoms with Gasteiger partial charge in [0, 0.05) is 11.4 Å². The smallest absolute Gasteiger partial charge is 0.144 e. The van der Waals surface area contributed by atoms with E-state index in [-0.39, 0.29) is 12.4 Å². The Morgan fingerprint density at radius 1 is 1.41 bits per heavy atom. The Kier molecular flexibility index (Phi) is 7.50. The van der Waals surface area contributed by atoms with E-state index in [2.05, 4.69) is 48.7 Å². The molecule has 0 aliphatic rings. The highest BCUT2D eigenvalue weighted by Gasteiger charge is 2.25. The minimum atomic E-state index is 0. The lowest BCUT2D eigenvalue weighted by atomic mass is 10.1. The van der Waals surface area contributed by atoms with Gasteiger partial charge < -0.3 is 16.9 Å². The molecule has 0 heterocycles. The molecule has 0 bridgehead atoms. The Labute approximate surface area is 129 Å². The lowest BCUT2D eigenvalue weighted by Crippen LogP contribution is -3.00. The number of terminal acetylenes is 1. The monoisotopic (exact) mass is 383 g/mol. The van der Waals surface area contributed by atoms with Crippen LogP contribution in [0, 0.1) is 12.3 Å². The summed E-state index contributed by atoms with van der Waals surface area (Å²) in [4.78, 5) is 0. The molecule has 1 atom stereocenters. The second-order valence-corrected chi connectivity index (χ2v) is 6.22. The highest BCUT2D eigenvalue weighted by atomic mass is 127. The largest absolute Gasteiger partial charge is 1.00 e. The second kappa shape index (κ2) is 7.48. The van der Waals surface area contributed by atoms with Crippen molar-refractivity contribution < 1.29 is 16.9 Å². The number of alkyl halides is 1. The molecule has 0 aliphatic carbocycles. The van der Waals surface area contributed by atoms with Gasteiger partial charge in [-0.15, -0.1) is 6.42 Å². The van der Waals surface area contributed by atoms with Gasteiger partial charge in [0.25, 0.3) is 0 Å². The standard InChI is InChI=1S/C13H16ClIN.ClH/c1-4-9-16(2,3)13(15)10-11-7-5-6-8-12(11)14;/h1,5-8,13H,9-10H2,2-3H3;1H/q+1;/p-1. The van der Waals surface area contributed by atoms with E-state index < -0.39 is 0 Å². The van der Waals surface area contributed by atoms with Crippen LogP contribution >= 0.6 is 34.2 Å². The van der Waals surface area contributed by atoms with Crippen LogP contribution in [0.4, 0.5) is 0 Å². The van der Waals surface area contributed by atoms with Crippen LogP contribution < -0.4 is 12.4 Å². The first-order chi connectivity index (χ1) is 7.47. The number of nitrogens with zero attached hydrogens (tertiary/aromatic N) is 1. The summed E-state index contributed by atoms with van der Waals surface area (Å²) in [6.07, 6.45) is 6.32. The molecule has 0 amide bonds. The number of rotatable bonds is 4. The SMILES string of the molecule is C#CC[N+](C)(C)C(I)Cc1ccccc1Cl.[Cl-]. The molecule has 0 saturated carbocycles. The van der Waals surface area contributed by atoms with Gasteiger partial charge in [-0.3, -0.25) is 0 Å². The molecule has 4 heteroatoms. The van der Waals surface area contributed by atoms with E-state index in [1.165, 1.54) is 5.56 Å². The average molecular weight is 384 g/mol. The molecule has 1 rings (SSSR count). The number of quaternary nitrogens is 1. The molecular formula is C13H16Cl2IN. The van der Waals surface area contributed by atoms with Crippen LogP contribution in [0.15, 0.2) is 24.3 Å². The van der Waals surface area contributed by atoms with Crippen molar-refractivity contribution in [2.24, 2.45) is 0 Å². The molecule has 0 aliphatic heterocycles. The Morgan fingerprint density at radius 3 is 2.53 bits per heavy atom. The summed E-state index contributed by atoms with van der Waals surface area (Å²) in [6, 6.07) is 7.98. The number of benzene rings is 1.